The summed E-state index contributed by atoms with van der Waals surface area (Å²) in [5.41, 5.74) is 5.23. The topological polar surface area (TPSA) is 97.3 Å². The van der Waals surface area contributed by atoms with Crippen LogP contribution in [0.5, 0.6) is 11.5 Å². The molecule has 9 heteroatoms. The second kappa shape index (κ2) is 12.3. The molecule has 0 aliphatic heterocycles. The number of sulfonamides is 1. The zero-order valence-electron chi connectivity index (χ0n) is 21.9. The highest BCUT2D eigenvalue weighted by atomic mass is 32.2. The number of hydrogen-bond acceptors (Lipinski definition) is 6. The molecular formula is C30H29N3O5S. The van der Waals surface area contributed by atoms with Crippen molar-refractivity contribution < 1.29 is 22.7 Å². The first-order valence-electron chi connectivity index (χ1n) is 12.1. The lowest BCUT2D eigenvalue weighted by molar-refractivity contribution is 0.0955. The largest absolute Gasteiger partial charge is 0.497 e. The monoisotopic (exact) mass is 543 g/mol. The maximum absolute atomic E-state index is 13.9. The fraction of sp³-hybridized carbons (Fsp3) is 0.133. The first-order valence-corrected chi connectivity index (χ1v) is 13.6. The molecule has 0 unspecified atom stereocenters. The van der Waals surface area contributed by atoms with Crippen molar-refractivity contribution in [1.29, 1.82) is 0 Å². The highest BCUT2D eigenvalue weighted by Crippen LogP contribution is 2.29. The molecule has 39 heavy (non-hydrogen) atoms. The van der Waals surface area contributed by atoms with Crippen LogP contribution in [0.1, 0.15) is 27.0 Å². The van der Waals surface area contributed by atoms with Gasteiger partial charge in [0.25, 0.3) is 15.9 Å². The van der Waals surface area contributed by atoms with E-state index in [1.165, 1.54) is 17.6 Å². The Morgan fingerprint density at radius 3 is 2.28 bits per heavy atom. The molecule has 200 valence electrons. The molecule has 0 saturated heterocycles. The Bertz CT molecular complexity index is 1570. The Kier molecular flexibility index (Phi) is 8.63. The van der Waals surface area contributed by atoms with Crippen LogP contribution < -0.4 is 19.2 Å². The summed E-state index contributed by atoms with van der Waals surface area (Å²) < 4.78 is 39.6. The third-order valence-electron chi connectivity index (χ3n) is 6.01. The number of amides is 1. The summed E-state index contributed by atoms with van der Waals surface area (Å²) in [6.07, 6.45) is 1.45. The number of hydrazone groups is 1. The number of aryl methyl sites for hydroxylation is 1. The minimum absolute atomic E-state index is 0.0354. The van der Waals surface area contributed by atoms with Gasteiger partial charge in [-0.25, -0.2) is 13.8 Å². The highest BCUT2D eigenvalue weighted by molar-refractivity contribution is 7.92. The molecule has 0 saturated carbocycles. The normalized spacial score (nSPS) is 11.3. The van der Waals surface area contributed by atoms with E-state index in [2.05, 4.69) is 10.5 Å². The highest BCUT2D eigenvalue weighted by Gasteiger charge is 2.28. The second-order valence-corrected chi connectivity index (χ2v) is 10.5. The average molecular weight is 544 g/mol. The summed E-state index contributed by atoms with van der Waals surface area (Å²) in [5.74, 6) is 0.577. The Morgan fingerprint density at radius 1 is 0.897 bits per heavy atom. The zero-order chi connectivity index (χ0) is 27.8. The van der Waals surface area contributed by atoms with Crippen LogP contribution in [0, 0.1) is 6.92 Å². The third kappa shape index (κ3) is 6.45. The van der Waals surface area contributed by atoms with Crippen molar-refractivity contribution in [2.75, 3.05) is 18.5 Å². The van der Waals surface area contributed by atoms with Crippen LogP contribution in [0.2, 0.25) is 0 Å². The summed E-state index contributed by atoms with van der Waals surface area (Å²) in [7, 11) is -0.937. The molecule has 0 aliphatic rings. The molecular weight excluding hydrogens is 514 g/mol. The van der Waals surface area contributed by atoms with E-state index >= 15 is 0 Å². The fourth-order valence-corrected chi connectivity index (χ4v) is 5.39. The molecule has 0 bridgehead atoms. The summed E-state index contributed by atoms with van der Waals surface area (Å²) in [6.45, 7) is 1.92. The van der Waals surface area contributed by atoms with E-state index < -0.39 is 15.9 Å². The van der Waals surface area contributed by atoms with Crippen LogP contribution in [0.3, 0.4) is 0 Å². The van der Waals surface area contributed by atoms with Crippen LogP contribution in [0.25, 0.3) is 0 Å². The Balaban J connectivity index is 1.68. The van der Waals surface area contributed by atoms with Gasteiger partial charge in [0.2, 0.25) is 0 Å². The van der Waals surface area contributed by atoms with E-state index in [0.717, 1.165) is 11.1 Å². The van der Waals surface area contributed by atoms with Gasteiger partial charge in [-0.3, -0.25) is 9.10 Å². The number of carbonyl (C=O) groups excluding carboxylic acids is 1. The van der Waals surface area contributed by atoms with Gasteiger partial charge in [0.15, 0.2) is 0 Å². The van der Waals surface area contributed by atoms with Crippen molar-refractivity contribution in [3.8, 4) is 11.5 Å². The average Bonchev–Trinajstić information content (AvgIpc) is 2.96. The molecule has 0 aliphatic carbocycles. The maximum atomic E-state index is 13.9. The van der Waals surface area contributed by atoms with Crippen LogP contribution in [0.15, 0.2) is 107 Å². The van der Waals surface area contributed by atoms with Gasteiger partial charge in [0.1, 0.15) is 11.5 Å². The molecule has 8 nitrogen and oxygen atoms in total. The van der Waals surface area contributed by atoms with Gasteiger partial charge in [0.05, 0.1) is 43.1 Å². The van der Waals surface area contributed by atoms with E-state index in [4.69, 9.17) is 9.47 Å². The third-order valence-corrected chi connectivity index (χ3v) is 7.78. The zero-order valence-corrected chi connectivity index (χ0v) is 22.7. The standard InChI is InChI=1S/C30H29N3O5S/c1-22-13-17-26(18-14-22)39(35,36)33(21-23-9-5-4-6-10-23)28-12-8-7-11-27(28)30(34)32-31-20-24-15-16-25(37-2)19-29(24)38-3/h4-20H,21H2,1-3H3,(H,32,34)/b31-20-. The van der Waals surface area contributed by atoms with Crippen molar-refractivity contribution in [2.24, 2.45) is 5.10 Å². The lowest BCUT2D eigenvalue weighted by Gasteiger charge is -2.26. The van der Waals surface area contributed by atoms with Gasteiger partial charge >= 0.3 is 0 Å². The van der Waals surface area contributed by atoms with Gasteiger partial charge in [-0.1, -0.05) is 60.2 Å². The molecule has 4 aromatic carbocycles. The molecule has 4 aromatic rings. The maximum Gasteiger partial charge on any atom is 0.273 e. The number of methoxy groups -OCH3 is 2. The Morgan fingerprint density at radius 2 is 1.59 bits per heavy atom. The van der Waals surface area contributed by atoms with Gasteiger partial charge in [-0.15, -0.1) is 0 Å². The lowest BCUT2D eigenvalue weighted by atomic mass is 10.1. The lowest BCUT2D eigenvalue weighted by Crippen LogP contribution is -2.33. The number of para-hydroxylation sites is 1. The molecule has 1 amide bonds. The number of benzene rings is 4. The van der Waals surface area contributed by atoms with Crippen molar-refractivity contribution >= 4 is 27.8 Å². The number of nitrogens with one attached hydrogen (secondary N) is 1. The molecule has 0 aromatic heterocycles. The SMILES string of the molecule is COc1ccc(/C=N\NC(=O)c2ccccc2N(Cc2ccccc2)S(=O)(=O)c2ccc(C)cc2)c(OC)c1. The molecule has 4 rings (SSSR count). The van der Waals surface area contributed by atoms with E-state index in [-0.39, 0.29) is 22.7 Å². The predicted octanol–water partition coefficient (Wildman–Crippen LogP) is 5.17. The van der Waals surface area contributed by atoms with Crippen molar-refractivity contribution in [1.82, 2.24) is 5.43 Å². The first-order chi connectivity index (χ1) is 18.8. The summed E-state index contributed by atoms with van der Waals surface area (Å²) in [4.78, 5) is 13.4. The minimum atomic E-state index is -4.02. The van der Waals surface area contributed by atoms with Crippen LogP contribution in [-0.2, 0) is 16.6 Å². The van der Waals surface area contributed by atoms with E-state index in [1.54, 1.807) is 73.8 Å². The van der Waals surface area contributed by atoms with Gasteiger partial charge in [-0.05, 0) is 48.9 Å². The summed E-state index contributed by atoms with van der Waals surface area (Å²) in [5, 5.41) is 4.08. The first kappa shape index (κ1) is 27.4. The minimum Gasteiger partial charge on any atom is -0.497 e. The summed E-state index contributed by atoms with van der Waals surface area (Å²) in [6, 6.07) is 27.6. The fourth-order valence-electron chi connectivity index (χ4n) is 3.92. The van der Waals surface area contributed by atoms with Crippen molar-refractivity contribution in [3.63, 3.8) is 0 Å². The molecule has 1 N–H and O–H groups in total. The molecule has 0 spiro atoms. The number of ether oxygens (including phenoxy) is 2. The number of nitrogens with zero attached hydrogens (tertiary/aromatic N) is 2. The molecule has 0 heterocycles. The second-order valence-electron chi connectivity index (χ2n) is 8.63. The number of hydrogen-bond donors (Lipinski definition) is 1. The van der Waals surface area contributed by atoms with Crippen LogP contribution in [-0.4, -0.2) is 34.8 Å². The van der Waals surface area contributed by atoms with E-state index in [0.29, 0.717) is 17.1 Å². The molecule has 0 atom stereocenters. The molecule has 0 fully saturated rings. The Hall–Kier alpha value is -4.63. The van der Waals surface area contributed by atoms with E-state index in [9.17, 15) is 13.2 Å². The van der Waals surface area contributed by atoms with Gasteiger partial charge < -0.3 is 9.47 Å². The smallest absolute Gasteiger partial charge is 0.273 e. The number of carbonyl (C=O) groups is 1. The number of rotatable bonds is 10. The van der Waals surface area contributed by atoms with E-state index in [1.807, 2.05) is 37.3 Å². The van der Waals surface area contributed by atoms with Crippen LogP contribution >= 0.6 is 0 Å². The number of anilines is 1. The van der Waals surface area contributed by atoms with Crippen molar-refractivity contribution in [3.05, 3.63) is 119 Å². The molecule has 0 radical (unpaired) electrons. The van der Waals surface area contributed by atoms with Gasteiger partial charge in [-0.2, -0.15) is 5.10 Å². The summed E-state index contributed by atoms with van der Waals surface area (Å²) >= 11 is 0. The predicted molar refractivity (Wildman–Crippen MR) is 152 cm³/mol. The van der Waals surface area contributed by atoms with Gasteiger partial charge in [0, 0.05) is 11.6 Å². The Labute approximate surface area is 228 Å². The van der Waals surface area contributed by atoms with Crippen molar-refractivity contribution in [2.45, 2.75) is 18.4 Å². The van der Waals surface area contributed by atoms with Crippen LogP contribution in [0.4, 0.5) is 5.69 Å². The quantitative estimate of drug-likeness (QED) is 0.220.